The molecule has 0 radical (unpaired) electrons. The van der Waals surface area contributed by atoms with Gasteiger partial charge in [0.05, 0.1) is 15.8 Å². The topological polar surface area (TPSA) is 65.8 Å². The smallest absolute Gasteiger partial charge is 0.128 e. The van der Waals surface area contributed by atoms with Crippen molar-refractivity contribution < 1.29 is 14.9 Å². The lowest BCUT2D eigenvalue weighted by atomic mass is 10.2. The van der Waals surface area contributed by atoms with Crippen LogP contribution < -0.4 is 4.74 Å². The highest BCUT2D eigenvalue weighted by molar-refractivity contribution is 7.21. The maximum Gasteiger partial charge on any atom is 0.128 e. The molecule has 1 unspecified atom stereocenters. The Kier molecular flexibility index (Phi) is 5.50. The van der Waals surface area contributed by atoms with Gasteiger partial charge in [-0.15, -0.1) is 11.3 Å². The molecule has 1 aliphatic heterocycles. The lowest BCUT2D eigenvalue weighted by molar-refractivity contribution is 0.0759. The number of aromatic nitrogens is 1. The summed E-state index contributed by atoms with van der Waals surface area (Å²) in [4.78, 5) is 6.85. The van der Waals surface area contributed by atoms with Crippen molar-refractivity contribution in [2.24, 2.45) is 0 Å². The molecule has 0 bridgehead atoms. The summed E-state index contributed by atoms with van der Waals surface area (Å²) >= 11 is 7.38. The molecule has 1 aliphatic rings. The molecule has 2 N–H and O–H groups in total. The van der Waals surface area contributed by atoms with Gasteiger partial charge in [-0.05, 0) is 62.3 Å². The third kappa shape index (κ3) is 4.35. The first-order valence-electron chi connectivity index (χ1n) is 9.01. The van der Waals surface area contributed by atoms with Crippen molar-refractivity contribution in [3.8, 4) is 22.1 Å². The predicted molar refractivity (Wildman–Crippen MR) is 109 cm³/mol. The first-order chi connectivity index (χ1) is 13.1. The van der Waals surface area contributed by atoms with Crippen LogP contribution in [-0.2, 0) is 0 Å². The fourth-order valence-corrected chi connectivity index (χ4v) is 4.50. The molecule has 0 amide bonds. The Labute approximate surface area is 166 Å². The lowest BCUT2D eigenvalue weighted by Gasteiger charge is -2.19. The minimum atomic E-state index is -0.498. The van der Waals surface area contributed by atoms with Gasteiger partial charge in [0.2, 0.25) is 0 Å². The number of hydrogen-bond donors (Lipinski definition) is 2. The number of fused-ring (bicyclic) bond motifs is 1. The van der Waals surface area contributed by atoms with Gasteiger partial charge < -0.3 is 19.8 Å². The van der Waals surface area contributed by atoms with Crippen LogP contribution in [-0.4, -0.2) is 52.4 Å². The van der Waals surface area contributed by atoms with E-state index >= 15 is 0 Å². The molecule has 1 saturated heterocycles. The number of thiazole rings is 1. The van der Waals surface area contributed by atoms with Crippen molar-refractivity contribution in [2.45, 2.75) is 18.9 Å². The third-order valence-corrected chi connectivity index (χ3v) is 5.95. The molecule has 2 aromatic carbocycles. The number of ether oxygens (including phenoxy) is 1. The highest BCUT2D eigenvalue weighted by Crippen LogP contribution is 2.37. The number of aliphatic hydroxyl groups excluding tert-OH is 1. The molecule has 3 aromatic rings. The Morgan fingerprint density at radius 3 is 2.78 bits per heavy atom. The molecule has 7 heteroatoms. The second-order valence-corrected chi connectivity index (χ2v) is 8.25. The Balaban J connectivity index is 1.45. The molecule has 0 aliphatic carbocycles. The highest BCUT2D eigenvalue weighted by atomic mass is 35.5. The molecule has 1 aromatic heterocycles. The standard InChI is InChI=1S/C20H21ClN2O3S/c21-13-3-5-16(18(25)9-13)20-22-17-6-4-15(10-19(17)27-20)26-12-14(24)11-23-7-1-2-8-23/h3-6,9-10,14,24-25H,1-2,7-8,11-12H2. The zero-order valence-corrected chi connectivity index (χ0v) is 16.3. The van der Waals surface area contributed by atoms with Crippen molar-refractivity contribution in [1.82, 2.24) is 9.88 Å². The number of aliphatic hydroxyl groups is 1. The van der Waals surface area contributed by atoms with Gasteiger partial charge in [-0.3, -0.25) is 0 Å². The first-order valence-corrected chi connectivity index (χ1v) is 10.2. The van der Waals surface area contributed by atoms with Crippen molar-refractivity contribution in [3.05, 3.63) is 41.4 Å². The van der Waals surface area contributed by atoms with Crippen LogP contribution >= 0.6 is 22.9 Å². The van der Waals surface area contributed by atoms with E-state index in [0.717, 1.165) is 28.3 Å². The van der Waals surface area contributed by atoms with Crippen LogP contribution in [0.25, 0.3) is 20.8 Å². The third-order valence-electron chi connectivity index (χ3n) is 4.66. The maximum absolute atomic E-state index is 10.2. The average molecular weight is 405 g/mol. The molecule has 5 nitrogen and oxygen atoms in total. The molecular formula is C20H21ClN2O3S. The van der Waals surface area contributed by atoms with Crippen LogP contribution in [0, 0.1) is 0 Å². The SMILES string of the molecule is Oc1cc(Cl)ccc1-c1nc2ccc(OCC(O)CN3CCCC3)cc2s1. The number of phenols is 1. The number of likely N-dealkylation sites (tertiary alicyclic amines) is 1. The maximum atomic E-state index is 10.2. The number of phenolic OH excluding ortho intramolecular Hbond substituents is 1. The zero-order chi connectivity index (χ0) is 18.8. The fraction of sp³-hybridized carbons (Fsp3) is 0.350. The van der Waals surface area contributed by atoms with Gasteiger partial charge in [-0.1, -0.05) is 11.6 Å². The highest BCUT2D eigenvalue weighted by Gasteiger charge is 2.16. The molecule has 2 heterocycles. The molecule has 0 saturated carbocycles. The number of nitrogens with zero attached hydrogens (tertiary/aromatic N) is 2. The van der Waals surface area contributed by atoms with Crippen molar-refractivity contribution in [2.75, 3.05) is 26.2 Å². The van der Waals surface area contributed by atoms with E-state index in [1.54, 1.807) is 12.1 Å². The zero-order valence-electron chi connectivity index (χ0n) is 14.8. The molecule has 27 heavy (non-hydrogen) atoms. The average Bonchev–Trinajstić information content (AvgIpc) is 3.28. The summed E-state index contributed by atoms with van der Waals surface area (Å²) < 4.78 is 6.74. The number of benzene rings is 2. The summed E-state index contributed by atoms with van der Waals surface area (Å²) in [7, 11) is 0. The Hall–Kier alpha value is -1.86. The van der Waals surface area contributed by atoms with Gasteiger partial charge in [-0.2, -0.15) is 0 Å². The minimum Gasteiger partial charge on any atom is -0.507 e. The van der Waals surface area contributed by atoms with E-state index in [1.165, 1.54) is 30.2 Å². The first kappa shape index (κ1) is 18.5. The van der Waals surface area contributed by atoms with E-state index in [-0.39, 0.29) is 12.4 Å². The Bertz CT molecular complexity index is 940. The van der Waals surface area contributed by atoms with Crippen LogP contribution in [0.5, 0.6) is 11.5 Å². The van der Waals surface area contributed by atoms with Crippen LogP contribution in [0.15, 0.2) is 36.4 Å². The van der Waals surface area contributed by atoms with E-state index in [4.69, 9.17) is 16.3 Å². The van der Waals surface area contributed by atoms with Gasteiger partial charge in [0.1, 0.15) is 29.2 Å². The number of hydrogen-bond acceptors (Lipinski definition) is 6. The summed E-state index contributed by atoms with van der Waals surface area (Å²) in [6.45, 7) is 3.04. The number of aromatic hydroxyl groups is 1. The second kappa shape index (κ2) is 8.02. The summed E-state index contributed by atoms with van der Waals surface area (Å²) in [5, 5.41) is 21.5. The van der Waals surface area contributed by atoms with Crippen LogP contribution in [0.3, 0.4) is 0 Å². The van der Waals surface area contributed by atoms with Crippen LogP contribution in [0.2, 0.25) is 5.02 Å². The molecular weight excluding hydrogens is 384 g/mol. The van der Waals surface area contributed by atoms with Gasteiger partial charge in [0.15, 0.2) is 0 Å². The van der Waals surface area contributed by atoms with E-state index < -0.39 is 6.10 Å². The van der Waals surface area contributed by atoms with Crippen LogP contribution in [0.1, 0.15) is 12.8 Å². The van der Waals surface area contributed by atoms with Crippen molar-refractivity contribution >= 4 is 33.2 Å². The Morgan fingerprint density at radius 1 is 1.19 bits per heavy atom. The molecule has 1 fully saturated rings. The van der Waals surface area contributed by atoms with Gasteiger partial charge >= 0.3 is 0 Å². The largest absolute Gasteiger partial charge is 0.507 e. The van der Waals surface area contributed by atoms with E-state index in [0.29, 0.717) is 22.9 Å². The van der Waals surface area contributed by atoms with Crippen LogP contribution in [0.4, 0.5) is 0 Å². The summed E-state index contributed by atoms with van der Waals surface area (Å²) in [6, 6.07) is 10.7. The van der Waals surface area contributed by atoms with Gasteiger partial charge in [0, 0.05) is 11.6 Å². The molecule has 0 spiro atoms. The van der Waals surface area contributed by atoms with Gasteiger partial charge in [-0.25, -0.2) is 4.98 Å². The van der Waals surface area contributed by atoms with E-state index in [2.05, 4.69) is 9.88 Å². The fourth-order valence-electron chi connectivity index (χ4n) is 3.30. The molecule has 142 valence electrons. The normalized spacial score (nSPS) is 16.1. The number of halogens is 1. The minimum absolute atomic E-state index is 0.114. The summed E-state index contributed by atoms with van der Waals surface area (Å²) in [5.41, 5.74) is 1.50. The van der Waals surface area contributed by atoms with E-state index in [9.17, 15) is 10.2 Å². The van der Waals surface area contributed by atoms with E-state index in [1.807, 2.05) is 18.2 Å². The second-order valence-electron chi connectivity index (χ2n) is 6.78. The van der Waals surface area contributed by atoms with Crippen molar-refractivity contribution in [3.63, 3.8) is 0 Å². The summed E-state index contributed by atoms with van der Waals surface area (Å²) in [6.07, 6.45) is 1.92. The predicted octanol–water partition coefficient (Wildman–Crippen LogP) is 4.16. The van der Waals surface area contributed by atoms with Gasteiger partial charge in [0.25, 0.3) is 0 Å². The number of β-amino-alcohol motifs (C(OH)–C–C–N with tert-alkyl or cyclic N) is 1. The Morgan fingerprint density at radius 2 is 2.00 bits per heavy atom. The molecule has 4 rings (SSSR count). The molecule has 1 atom stereocenters. The van der Waals surface area contributed by atoms with Crippen molar-refractivity contribution in [1.29, 1.82) is 0 Å². The quantitative estimate of drug-likeness (QED) is 0.645. The lowest BCUT2D eigenvalue weighted by Crippen LogP contribution is -2.33. The summed E-state index contributed by atoms with van der Waals surface area (Å²) in [5.74, 6) is 0.821. The number of rotatable bonds is 6. The monoisotopic (exact) mass is 404 g/mol.